The number of aromatic amines is 1. The number of H-pyrrole nitrogens is 1. The molecule has 2 aromatic rings. The van der Waals surface area contributed by atoms with Gasteiger partial charge in [-0.3, -0.25) is 9.69 Å². The summed E-state index contributed by atoms with van der Waals surface area (Å²) >= 11 is 0. The van der Waals surface area contributed by atoms with E-state index in [-0.39, 0.29) is 24.2 Å². The minimum absolute atomic E-state index is 0.0703. The van der Waals surface area contributed by atoms with Gasteiger partial charge in [0.25, 0.3) is 5.91 Å². The molecule has 0 radical (unpaired) electrons. The summed E-state index contributed by atoms with van der Waals surface area (Å²) in [5.41, 5.74) is 1.19. The Morgan fingerprint density at radius 2 is 1.96 bits per heavy atom. The number of carbonyl (C=O) groups excluding carboxylic acids is 1. The summed E-state index contributed by atoms with van der Waals surface area (Å²) in [7, 11) is 0. The van der Waals surface area contributed by atoms with Crippen LogP contribution in [0, 0.1) is 10.1 Å². The molecule has 1 amide bonds. The zero-order valence-electron chi connectivity index (χ0n) is 13.9. The lowest BCUT2D eigenvalue weighted by atomic mass is 10.1. The first-order chi connectivity index (χ1) is 12.6. The van der Waals surface area contributed by atoms with Crippen LogP contribution < -0.4 is 9.47 Å². The second kappa shape index (κ2) is 6.64. The fraction of sp³-hybridized carbons (Fsp3) is 0.375. The first-order valence-corrected chi connectivity index (χ1v) is 8.20. The maximum atomic E-state index is 12.4. The Bertz CT molecular complexity index is 843. The summed E-state index contributed by atoms with van der Waals surface area (Å²) in [6, 6.07) is 7.06. The zero-order chi connectivity index (χ0) is 18.1. The first kappa shape index (κ1) is 16.3. The van der Waals surface area contributed by atoms with Gasteiger partial charge in [-0.05, 0) is 22.6 Å². The standard InChI is InChI=1S/C16H17N5O5/c22-16(12-8-15(18-17-12)21(23)24)20-5-3-19(4-6-20)9-11-1-2-13-14(7-11)26-10-25-13/h1-2,7-8H,3-6,9-10H2,(H,17,18). The lowest BCUT2D eigenvalue weighted by molar-refractivity contribution is -0.389. The number of nitro groups is 1. The maximum absolute atomic E-state index is 12.4. The Morgan fingerprint density at radius 1 is 1.19 bits per heavy atom. The molecule has 1 saturated heterocycles. The van der Waals surface area contributed by atoms with Gasteiger partial charge in [-0.25, -0.2) is 0 Å². The van der Waals surface area contributed by atoms with Crippen LogP contribution in [0.15, 0.2) is 24.3 Å². The third-order valence-corrected chi connectivity index (χ3v) is 4.48. The molecule has 0 spiro atoms. The van der Waals surface area contributed by atoms with Gasteiger partial charge in [0, 0.05) is 32.7 Å². The number of carbonyl (C=O) groups is 1. The minimum atomic E-state index is -0.604. The van der Waals surface area contributed by atoms with Crippen molar-refractivity contribution in [3.8, 4) is 11.5 Å². The van der Waals surface area contributed by atoms with E-state index in [0.717, 1.165) is 23.6 Å². The largest absolute Gasteiger partial charge is 0.454 e. The van der Waals surface area contributed by atoms with Crippen molar-refractivity contribution in [2.45, 2.75) is 6.54 Å². The van der Waals surface area contributed by atoms with Gasteiger partial charge in [0.05, 0.1) is 6.07 Å². The van der Waals surface area contributed by atoms with Crippen LogP contribution in [0.25, 0.3) is 0 Å². The SMILES string of the molecule is O=C(c1cc([N+](=O)[O-])[nH]n1)N1CCN(Cc2ccc3c(c2)OCO3)CC1. The monoisotopic (exact) mass is 359 g/mol. The smallest absolute Gasteiger partial charge is 0.343 e. The minimum Gasteiger partial charge on any atom is -0.454 e. The van der Waals surface area contributed by atoms with Crippen molar-refractivity contribution in [1.82, 2.24) is 20.0 Å². The Labute approximate surface area is 148 Å². The van der Waals surface area contributed by atoms with Crippen molar-refractivity contribution < 1.29 is 19.2 Å². The highest BCUT2D eigenvalue weighted by Crippen LogP contribution is 2.32. The predicted octanol–water partition coefficient (Wildman–Crippen LogP) is 1.00. The van der Waals surface area contributed by atoms with Crippen LogP contribution in [0.3, 0.4) is 0 Å². The van der Waals surface area contributed by atoms with Crippen molar-refractivity contribution >= 4 is 11.7 Å². The Morgan fingerprint density at radius 3 is 2.69 bits per heavy atom. The maximum Gasteiger partial charge on any atom is 0.343 e. The van der Waals surface area contributed by atoms with E-state index in [1.54, 1.807) is 4.90 Å². The summed E-state index contributed by atoms with van der Waals surface area (Å²) in [4.78, 5) is 26.4. The number of hydrogen-bond donors (Lipinski definition) is 1. The second-order valence-corrected chi connectivity index (χ2v) is 6.15. The van der Waals surface area contributed by atoms with Crippen LogP contribution >= 0.6 is 0 Å². The summed E-state index contributed by atoms with van der Waals surface area (Å²) < 4.78 is 10.7. The quantitative estimate of drug-likeness (QED) is 0.640. The fourth-order valence-electron chi connectivity index (χ4n) is 3.08. The van der Waals surface area contributed by atoms with Gasteiger partial charge in [0.15, 0.2) is 17.2 Å². The summed E-state index contributed by atoms with van der Waals surface area (Å²) in [5, 5.41) is 16.7. The molecule has 0 saturated carbocycles. The van der Waals surface area contributed by atoms with Gasteiger partial charge in [-0.2, -0.15) is 0 Å². The molecule has 1 fully saturated rings. The van der Waals surface area contributed by atoms with E-state index in [1.165, 1.54) is 6.07 Å². The number of fused-ring (bicyclic) bond motifs is 1. The van der Waals surface area contributed by atoms with E-state index in [4.69, 9.17) is 9.47 Å². The molecule has 26 heavy (non-hydrogen) atoms. The molecule has 10 nitrogen and oxygen atoms in total. The molecule has 1 aromatic carbocycles. The third-order valence-electron chi connectivity index (χ3n) is 4.48. The fourth-order valence-corrected chi connectivity index (χ4v) is 3.08. The van der Waals surface area contributed by atoms with E-state index >= 15 is 0 Å². The van der Waals surface area contributed by atoms with Crippen LogP contribution in [0.5, 0.6) is 11.5 Å². The van der Waals surface area contributed by atoms with E-state index in [2.05, 4.69) is 15.1 Å². The molecule has 136 valence electrons. The average molecular weight is 359 g/mol. The Kier molecular flexibility index (Phi) is 4.17. The molecule has 2 aliphatic rings. The van der Waals surface area contributed by atoms with Crippen LogP contribution in [-0.4, -0.2) is 63.8 Å². The summed E-state index contributed by atoms with van der Waals surface area (Å²) in [5.74, 6) is 0.945. The number of ether oxygens (including phenoxy) is 2. The van der Waals surface area contributed by atoms with Crippen LogP contribution in [0.1, 0.15) is 16.1 Å². The third kappa shape index (κ3) is 3.18. The van der Waals surface area contributed by atoms with Gasteiger partial charge in [-0.1, -0.05) is 11.2 Å². The molecule has 2 aliphatic heterocycles. The molecule has 10 heteroatoms. The molecule has 1 N–H and O–H groups in total. The van der Waals surface area contributed by atoms with Crippen molar-refractivity contribution in [3.63, 3.8) is 0 Å². The van der Waals surface area contributed by atoms with Crippen molar-refractivity contribution in [1.29, 1.82) is 0 Å². The van der Waals surface area contributed by atoms with Gasteiger partial charge < -0.3 is 24.5 Å². The molecule has 0 unspecified atom stereocenters. The number of hydrogen-bond acceptors (Lipinski definition) is 7. The zero-order valence-corrected chi connectivity index (χ0v) is 13.9. The van der Waals surface area contributed by atoms with Gasteiger partial charge in [0.1, 0.15) is 0 Å². The topological polar surface area (TPSA) is 114 Å². The van der Waals surface area contributed by atoms with E-state index in [1.807, 2.05) is 18.2 Å². The number of aromatic nitrogens is 2. The molecule has 0 aliphatic carbocycles. The van der Waals surface area contributed by atoms with Crippen molar-refractivity contribution in [3.05, 3.63) is 45.6 Å². The normalized spacial score (nSPS) is 16.7. The highest BCUT2D eigenvalue weighted by atomic mass is 16.7. The molecule has 3 heterocycles. The van der Waals surface area contributed by atoms with Crippen LogP contribution in [0.4, 0.5) is 5.82 Å². The lowest BCUT2D eigenvalue weighted by Gasteiger charge is -2.34. The predicted molar refractivity (Wildman–Crippen MR) is 89.0 cm³/mol. The highest BCUT2D eigenvalue weighted by molar-refractivity contribution is 5.92. The molecule has 0 bridgehead atoms. The first-order valence-electron chi connectivity index (χ1n) is 8.20. The van der Waals surface area contributed by atoms with E-state index < -0.39 is 4.92 Å². The molecule has 4 rings (SSSR count). The van der Waals surface area contributed by atoms with Crippen molar-refractivity contribution in [2.24, 2.45) is 0 Å². The van der Waals surface area contributed by atoms with Gasteiger partial charge >= 0.3 is 5.82 Å². The molecule has 0 atom stereocenters. The van der Waals surface area contributed by atoms with E-state index in [0.29, 0.717) is 26.2 Å². The molecular weight excluding hydrogens is 342 g/mol. The number of benzene rings is 1. The number of amides is 1. The number of rotatable bonds is 4. The Hall–Kier alpha value is -3.14. The highest BCUT2D eigenvalue weighted by Gasteiger charge is 2.26. The number of piperazine rings is 1. The summed E-state index contributed by atoms with van der Waals surface area (Å²) in [6.45, 7) is 3.53. The number of nitrogens with zero attached hydrogens (tertiary/aromatic N) is 4. The van der Waals surface area contributed by atoms with Gasteiger partial charge in [-0.15, -0.1) is 5.10 Å². The van der Waals surface area contributed by atoms with Gasteiger partial charge in [0.2, 0.25) is 6.79 Å². The lowest BCUT2D eigenvalue weighted by Crippen LogP contribution is -2.48. The van der Waals surface area contributed by atoms with Crippen LogP contribution in [-0.2, 0) is 6.54 Å². The second-order valence-electron chi connectivity index (χ2n) is 6.15. The van der Waals surface area contributed by atoms with Crippen LogP contribution in [0.2, 0.25) is 0 Å². The molecule has 1 aromatic heterocycles. The van der Waals surface area contributed by atoms with E-state index in [9.17, 15) is 14.9 Å². The Balaban J connectivity index is 1.33. The summed E-state index contributed by atoms with van der Waals surface area (Å²) in [6.07, 6.45) is 0. The van der Waals surface area contributed by atoms with Crippen molar-refractivity contribution in [2.75, 3.05) is 33.0 Å². The average Bonchev–Trinajstić information content (AvgIpc) is 3.31. The molecular formula is C16H17N5O5. The number of nitrogens with one attached hydrogen (secondary N) is 1.